The van der Waals surface area contributed by atoms with Crippen molar-refractivity contribution < 1.29 is 4.79 Å². The van der Waals surface area contributed by atoms with Crippen LogP contribution in [-0.2, 0) is 0 Å². The number of anilines is 1. The average molecular weight is 415 g/mol. The summed E-state index contributed by atoms with van der Waals surface area (Å²) in [5.74, 6) is 1.98. The fourth-order valence-electron chi connectivity index (χ4n) is 4.69. The number of benzene rings is 1. The van der Waals surface area contributed by atoms with Gasteiger partial charge >= 0.3 is 0 Å². The maximum atomic E-state index is 13.6. The summed E-state index contributed by atoms with van der Waals surface area (Å²) >= 11 is 0. The quantitative estimate of drug-likeness (QED) is 0.655. The molecule has 2 aliphatic heterocycles. The molecule has 7 nitrogen and oxygen atoms in total. The number of piperidine rings is 1. The number of nitrogens with zero attached hydrogens (tertiary/aromatic N) is 6. The summed E-state index contributed by atoms with van der Waals surface area (Å²) in [6.45, 7) is 8.41. The topological polar surface area (TPSA) is 75.1 Å². The third kappa shape index (κ3) is 3.65. The SMILES string of the molecule is Cc1ccc(-c2ncccn2)c(C(=O)N2CCC3CN(c4nc(C)cc(C)n4)C3C2)c1. The number of rotatable bonds is 3. The normalized spacial score (nSPS) is 20.2. The maximum absolute atomic E-state index is 13.6. The number of aromatic nitrogens is 4. The number of carbonyl (C=O) groups is 1. The highest BCUT2D eigenvalue weighted by molar-refractivity contribution is 6.00. The number of hydrogen-bond acceptors (Lipinski definition) is 6. The molecule has 0 bridgehead atoms. The van der Waals surface area contributed by atoms with Crippen molar-refractivity contribution in [2.45, 2.75) is 33.2 Å². The highest BCUT2D eigenvalue weighted by Crippen LogP contribution is 2.36. The van der Waals surface area contributed by atoms with Crippen molar-refractivity contribution in [2.24, 2.45) is 5.92 Å². The van der Waals surface area contributed by atoms with E-state index in [-0.39, 0.29) is 11.9 Å². The molecule has 3 aromatic rings. The molecule has 2 atom stereocenters. The van der Waals surface area contributed by atoms with Crippen LogP contribution < -0.4 is 4.90 Å². The van der Waals surface area contributed by atoms with Crippen molar-refractivity contribution >= 4 is 11.9 Å². The highest BCUT2D eigenvalue weighted by Gasteiger charge is 2.45. The molecule has 1 amide bonds. The molecular formula is C24H26N6O. The first-order valence-electron chi connectivity index (χ1n) is 10.8. The molecule has 7 heteroatoms. The van der Waals surface area contributed by atoms with Gasteiger partial charge in [0.2, 0.25) is 5.95 Å². The predicted molar refractivity (Wildman–Crippen MR) is 119 cm³/mol. The van der Waals surface area contributed by atoms with Crippen LogP contribution in [0.25, 0.3) is 11.4 Å². The summed E-state index contributed by atoms with van der Waals surface area (Å²) in [6.07, 6.45) is 4.41. The first kappa shape index (κ1) is 19.6. The average Bonchev–Trinajstić information content (AvgIpc) is 2.74. The van der Waals surface area contributed by atoms with Crippen molar-refractivity contribution in [1.82, 2.24) is 24.8 Å². The molecule has 2 fully saturated rings. The Balaban J connectivity index is 1.41. The fraction of sp³-hybridized carbons (Fsp3) is 0.375. The van der Waals surface area contributed by atoms with E-state index in [2.05, 4.69) is 24.8 Å². The summed E-state index contributed by atoms with van der Waals surface area (Å²) in [4.78, 5) is 35.8. The molecule has 2 aliphatic rings. The van der Waals surface area contributed by atoms with Crippen molar-refractivity contribution in [3.8, 4) is 11.4 Å². The van der Waals surface area contributed by atoms with Crippen molar-refractivity contribution in [2.75, 3.05) is 24.5 Å². The van der Waals surface area contributed by atoms with Crippen LogP contribution in [0.4, 0.5) is 5.95 Å². The molecular weight excluding hydrogens is 388 g/mol. The Bertz CT molecular complexity index is 1110. The third-order valence-corrected chi connectivity index (χ3v) is 6.28. The van der Waals surface area contributed by atoms with Gasteiger partial charge in [-0.3, -0.25) is 4.79 Å². The number of fused-ring (bicyclic) bond motifs is 1. The van der Waals surface area contributed by atoms with Crippen LogP contribution in [0, 0.1) is 26.7 Å². The lowest BCUT2D eigenvalue weighted by atomic mass is 9.82. The van der Waals surface area contributed by atoms with Gasteiger partial charge in [-0.25, -0.2) is 19.9 Å². The zero-order valence-corrected chi connectivity index (χ0v) is 18.1. The van der Waals surface area contributed by atoms with Crippen LogP contribution in [-0.4, -0.2) is 56.4 Å². The molecule has 0 saturated carbocycles. The molecule has 0 aliphatic carbocycles. The minimum atomic E-state index is 0.0396. The predicted octanol–water partition coefficient (Wildman–Crippen LogP) is 3.21. The zero-order valence-electron chi connectivity index (χ0n) is 18.1. The summed E-state index contributed by atoms with van der Waals surface area (Å²) in [5, 5.41) is 0. The molecule has 2 unspecified atom stereocenters. The van der Waals surface area contributed by atoms with Crippen LogP contribution >= 0.6 is 0 Å². The van der Waals surface area contributed by atoms with Gasteiger partial charge in [-0.2, -0.15) is 0 Å². The highest BCUT2D eigenvalue weighted by atomic mass is 16.2. The van der Waals surface area contributed by atoms with E-state index < -0.39 is 0 Å². The lowest BCUT2D eigenvalue weighted by molar-refractivity contribution is 0.0590. The van der Waals surface area contributed by atoms with Crippen molar-refractivity contribution in [3.63, 3.8) is 0 Å². The standard InChI is InChI=1S/C24H26N6O/c1-15-5-6-19(22-25-8-4-9-26-22)20(11-15)23(31)29-10-7-18-13-30(21(18)14-29)24-27-16(2)12-17(3)28-24/h4-6,8-9,11-12,18,21H,7,10,13-14H2,1-3H3. The molecule has 1 aromatic carbocycles. The number of likely N-dealkylation sites (tertiary alicyclic amines) is 1. The second-order valence-corrected chi connectivity index (χ2v) is 8.59. The van der Waals surface area contributed by atoms with Crippen LogP contribution in [0.15, 0.2) is 42.7 Å². The molecule has 158 valence electrons. The Morgan fingerprint density at radius 1 is 1.00 bits per heavy atom. The summed E-state index contributed by atoms with van der Waals surface area (Å²) < 4.78 is 0. The third-order valence-electron chi connectivity index (χ3n) is 6.28. The van der Waals surface area contributed by atoms with Crippen molar-refractivity contribution in [1.29, 1.82) is 0 Å². The molecule has 31 heavy (non-hydrogen) atoms. The van der Waals surface area contributed by atoms with Crippen molar-refractivity contribution in [3.05, 3.63) is 65.2 Å². The maximum Gasteiger partial charge on any atom is 0.254 e. The Labute approximate surface area is 182 Å². The van der Waals surface area contributed by atoms with Gasteiger partial charge in [-0.05, 0) is 45.4 Å². The summed E-state index contributed by atoms with van der Waals surface area (Å²) in [7, 11) is 0. The van der Waals surface area contributed by atoms with E-state index in [0.717, 1.165) is 48.0 Å². The lowest BCUT2D eigenvalue weighted by Crippen LogP contribution is -2.65. The largest absolute Gasteiger partial charge is 0.337 e. The Morgan fingerprint density at radius 3 is 2.48 bits per heavy atom. The summed E-state index contributed by atoms with van der Waals surface area (Å²) in [6, 6.07) is 9.93. The van der Waals surface area contributed by atoms with Gasteiger partial charge < -0.3 is 9.80 Å². The minimum absolute atomic E-state index is 0.0396. The molecule has 2 saturated heterocycles. The van der Waals surface area contributed by atoms with E-state index in [9.17, 15) is 4.79 Å². The Morgan fingerprint density at radius 2 is 1.74 bits per heavy atom. The van der Waals surface area contributed by atoms with E-state index in [1.54, 1.807) is 18.5 Å². The van der Waals surface area contributed by atoms with Gasteiger partial charge in [-0.15, -0.1) is 0 Å². The lowest BCUT2D eigenvalue weighted by Gasteiger charge is -2.53. The van der Waals surface area contributed by atoms with E-state index in [1.165, 1.54) is 0 Å². The van der Waals surface area contributed by atoms with E-state index in [0.29, 0.717) is 23.9 Å². The molecule has 4 heterocycles. The van der Waals surface area contributed by atoms with E-state index >= 15 is 0 Å². The Kier molecular flexibility index (Phi) is 4.88. The zero-order chi connectivity index (χ0) is 21.5. The van der Waals surface area contributed by atoms with Gasteiger partial charge in [0.25, 0.3) is 5.91 Å². The fourth-order valence-corrected chi connectivity index (χ4v) is 4.69. The smallest absolute Gasteiger partial charge is 0.254 e. The van der Waals surface area contributed by atoms with Crippen LogP contribution in [0.5, 0.6) is 0 Å². The minimum Gasteiger partial charge on any atom is -0.337 e. The van der Waals surface area contributed by atoms with Gasteiger partial charge in [-0.1, -0.05) is 17.7 Å². The van der Waals surface area contributed by atoms with Gasteiger partial charge in [0.15, 0.2) is 5.82 Å². The second-order valence-electron chi connectivity index (χ2n) is 8.59. The Hall–Kier alpha value is -3.35. The number of hydrogen-bond donors (Lipinski definition) is 0. The second kappa shape index (κ2) is 7.72. The summed E-state index contributed by atoms with van der Waals surface area (Å²) in [5.41, 5.74) is 4.44. The van der Waals surface area contributed by atoms with Crippen LogP contribution in [0.1, 0.15) is 33.7 Å². The first-order valence-corrected chi connectivity index (χ1v) is 10.8. The molecule has 0 N–H and O–H groups in total. The van der Waals surface area contributed by atoms with Gasteiger partial charge in [0, 0.05) is 54.9 Å². The van der Waals surface area contributed by atoms with E-state index in [1.807, 2.05) is 49.9 Å². The number of aryl methyl sites for hydroxylation is 3. The van der Waals surface area contributed by atoms with Gasteiger partial charge in [0.05, 0.1) is 11.6 Å². The molecule has 2 aromatic heterocycles. The molecule has 0 radical (unpaired) electrons. The first-order chi connectivity index (χ1) is 15.0. The monoisotopic (exact) mass is 414 g/mol. The van der Waals surface area contributed by atoms with Gasteiger partial charge in [0.1, 0.15) is 0 Å². The molecule has 5 rings (SSSR count). The van der Waals surface area contributed by atoms with Crippen LogP contribution in [0.2, 0.25) is 0 Å². The number of carbonyl (C=O) groups excluding carboxylic acids is 1. The number of amides is 1. The molecule has 0 spiro atoms. The van der Waals surface area contributed by atoms with Crippen LogP contribution in [0.3, 0.4) is 0 Å². The van der Waals surface area contributed by atoms with E-state index in [4.69, 9.17) is 0 Å².